The van der Waals surface area contributed by atoms with Gasteiger partial charge in [0.1, 0.15) is 5.82 Å². The number of anilines is 2. The summed E-state index contributed by atoms with van der Waals surface area (Å²) in [5, 5.41) is 5.72. The van der Waals surface area contributed by atoms with Crippen molar-refractivity contribution in [1.82, 2.24) is 20.2 Å². The van der Waals surface area contributed by atoms with Crippen LogP contribution in [0.4, 0.5) is 11.5 Å². The molecule has 0 bridgehead atoms. The Hall–Kier alpha value is -4.24. The molecule has 0 aliphatic carbocycles. The summed E-state index contributed by atoms with van der Waals surface area (Å²) in [6.45, 7) is 13.0. The SMILES string of the molecule is C=CC(=O)Nc1cc(-c2ccc(N3CCN(C)CC3)nc2)cc(C(=O)NCc2c(CC)cc(C)[nH]c2=O)c1C. The third kappa shape index (κ3) is 6.43. The van der Waals surface area contributed by atoms with E-state index < -0.39 is 0 Å². The van der Waals surface area contributed by atoms with Gasteiger partial charge in [0.2, 0.25) is 5.91 Å². The molecular formula is C30H36N6O3. The van der Waals surface area contributed by atoms with Gasteiger partial charge in [-0.2, -0.15) is 0 Å². The van der Waals surface area contributed by atoms with Crippen LogP contribution in [0.1, 0.15) is 39.7 Å². The number of aromatic amines is 1. The molecule has 0 unspecified atom stereocenters. The first-order valence-corrected chi connectivity index (χ1v) is 13.2. The Morgan fingerprint density at radius 1 is 1.10 bits per heavy atom. The van der Waals surface area contributed by atoms with Crippen LogP contribution in [0.2, 0.25) is 0 Å². The van der Waals surface area contributed by atoms with E-state index in [0.717, 1.165) is 54.4 Å². The minimum atomic E-state index is -0.371. The fraction of sp³-hybridized carbons (Fsp3) is 0.333. The van der Waals surface area contributed by atoms with Crippen LogP contribution >= 0.6 is 0 Å². The van der Waals surface area contributed by atoms with Gasteiger partial charge < -0.3 is 25.4 Å². The van der Waals surface area contributed by atoms with Crippen molar-refractivity contribution < 1.29 is 9.59 Å². The Balaban J connectivity index is 1.64. The van der Waals surface area contributed by atoms with Crippen LogP contribution in [0.15, 0.2) is 54.0 Å². The third-order valence-corrected chi connectivity index (χ3v) is 7.17. The van der Waals surface area contributed by atoms with E-state index in [4.69, 9.17) is 0 Å². The van der Waals surface area contributed by atoms with Crippen LogP contribution < -0.4 is 21.1 Å². The zero-order valence-corrected chi connectivity index (χ0v) is 23.1. The van der Waals surface area contributed by atoms with Crippen molar-refractivity contribution in [3.63, 3.8) is 0 Å². The predicted molar refractivity (Wildman–Crippen MR) is 155 cm³/mol. The number of aryl methyl sites for hydroxylation is 2. The van der Waals surface area contributed by atoms with Crippen LogP contribution in [0.3, 0.4) is 0 Å². The molecule has 1 saturated heterocycles. The van der Waals surface area contributed by atoms with E-state index in [9.17, 15) is 14.4 Å². The van der Waals surface area contributed by atoms with E-state index in [0.29, 0.717) is 28.8 Å². The van der Waals surface area contributed by atoms with Crippen molar-refractivity contribution in [3.8, 4) is 11.1 Å². The van der Waals surface area contributed by atoms with Crippen LogP contribution in [0.25, 0.3) is 11.1 Å². The monoisotopic (exact) mass is 528 g/mol. The van der Waals surface area contributed by atoms with E-state index in [1.807, 2.05) is 38.1 Å². The van der Waals surface area contributed by atoms with Gasteiger partial charge in [-0.15, -0.1) is 0 Å². The lowest BCUT2D eigenvalue weighted by Gasteiger charge is -2.33. The van der Waals surface area contributed by atoms with Crippen LogP contribution in [0, 0.1) is 13.8 Å². The summed E-state index contributed by atoms with van der Waals surface area (Å²) in [5.74, 6) is 0.198. The number of H-pyrrole nitrogens is 1. The fourth-order valence-corrected chi connectivity index (χ4v) is 4.77. The molecule has 0 radical (unpaired) electrons. The van der Waals surface area contributed by atoms with Gasteiger partial charge in [-0.25, -0.2) is 4.98 Å². The highest BCUT2D eigenvalue weighted by Gasteiger charge is 2.19. The number of carbonyl (C=O) groups excluding carboxylic acids is 2. The minimum absolute atomic E-state index is 0.0942. The standard InChI is InChI=1S/C30H36N6O3/c1-6-21-14-19(3)33-30(39)25(21)18-32-29(38)24-15-23(16-26(20(24)4)34-28(37)7-2)22-8-9-27(31-17-22)36-12-10-35(5)11-13-36/h7-9,14-17H,2,6,10-13,18H2,1,3-5H3,(H,32,38)(H,33,39)(H,34,37). The van der Waals surface area contributed by atoms with Gasteiger partial charge in [0, 0.05) is 67.0 Å². The van der Waals surface area contributed by atoms with Gasteiger partial charge in [-0.3, -0.25) is 14.4 Å². The molecule has 2 amide bonds. The van der Waals surface area contributed by atoms with Crippen molar-refractivity contribution in [3.05, 3.63) is 87.5 Å². The lowest BCUT2D eigenvalue weighted by Crippen LogP contribution is -2.44. The number of benzene rings is 1. The molecule has 204 valence electrons. The predicted octanol–water partition coefficient (Wildman–Crippen LogP) is 3.42. The highest BCUT2D eigenvalue weighted by molar-refractivity contribution is 6.03. The van der Waals surface area contributed by atoms with Gasteiger partial charge >= 0.3 is 0 Å². The second-order valence-electron chi connectivity index (χ2n) is 9.91. The van der Waals surface area contributed by atoms with Crippen molar-refractivity contribution in [2.75, 3.05) is 43.4 Å². The molecule has 39 heavy (non-hydrogen) atoms. The number of pyridine rings is 2. The van der Waals surface area contributed by atoms with Gasteiger partial charge in [0.05, 0.1) is 0 Å². The summed E-state index contributed by atoms with van der Waals surface area (Å²) >= 11 is 0. The number of aromatic nitrogens is 2. The number of hydrogen-bond acceptors (Lipinski definition) is 6. The normalized spacial score (nSPS) is 13.7. The summed E-state index contributed by atoms with van der Waals surface area (Å²) in [5.41, 5.74) is 5.09. The van der Waals surface area contributed by atoms with Gasteiger partial charge in [0.15, 0.2) is 0 Å². The molecule has 9 nitrogen and oxygen atoms in total. The van der Waals surface area contributed by atoms with E-state index in [1.165, 1.54) is 6.08 Å². The number of hydrogen-bond donors (Lipinski definition) is 3. The molecule has 4 rings (SSSR count). The van der Waals surface area contributed by atoms with Crippen LogP contribution in [-0.4, -0.2) is 59.9 Å². The second-order valence-corrected chi connectivity index (χ2v) is 9.91. The molecule has 3 heterocycles. The van der Waals surface area contributed by atoms with Crippen molar-refractivity contribution in [1.29, 1.82) is 0 Å². The molecule has 3 N–H and O–H groups in total. The lowest BCUT2D eigenvalue weighted by atomic mass is 9.97. The maximum atomic E-state index is 13.4. The number of amides is 2. The maximum absolute atomic E-state index is 13.4. The Morgan fingerprint density at radius 2 is 1.85 bits per heavy atom. The quantitative estimate of drug-likeness (QED) is 0.387. The van der Waals surface area contributed by atoms with Crippen molar-refractivity contribution in [2.24, 2.45) is 0 Å². The summed E-state index contributed by atoms with van der Waals surface area (Å²) in [7, 11) is 2.11. The van der Waals surface area contributed by atoms with Crippen molar-refractivity contribution >= 4 is 23.3 Å². The summed E-state index contributed by atoms with van der Waals surface area (Å²) in [6, 6.07) is 9.51. The first kappa shape index (κ1) is 27.8. The summed E-state index contributed by atoms with van der Waals surface area (Å²) in [6.07, 6.45) is 3.66. The maximum Gasteiger partial charge on any atom is 0.253 e. The first-order chi connectivity index (χ1) is 18.7. The average molecular weight is 529 g/mol. The molecule has 3 aromatic rings. The Kier molecular flexibility index (Phi) is 8.61. The van der Waals surface area contributed by atoms with Gasteiger partial charge in [0.25, 0.3) is 11.5 Å². The molecule has 9 heteroatoms. The molecule has 1 aliphatic heterocycles. The first-order valence-electron chi connectivity index (χ1n) is 13.2. The van der Waals surface area contributed by atoms with E-state index >= 15 is 0 Å². The average Bonchev–Trinajstić information content (AvgIpc) is 2.93. The third-order valence-electron chi connectivity index (χ3n) is 7.17. The smallest absolute Gasteiger partial charge is 0.253 e. The zero-order chi connectivity index (χ0) is 28.1. The molecule has 1 aromatic carbocycles. The molecule has 1 aliphatic rings. The molecule has 0 spiro atoms. The van der Waals surface area contributed by atoms with Gasteiger partial charge in [-0.05, 0) is 80.4 Å². The number of rotatable bonds is 8. The van der Waals surface area contributed by atoms with Gasteiger partial charge in [-0.1, -0.05) is 13.5 Å². The minimum Gasteiger partial charge on any atom is -0.354 e. The van der Waals surface area contributed by atoms with E-state index in [1.54, 1.807) is 19.2 Å². The fourth-order valence-electron chi connectivity index (χ4n) is 4.77. The Morgan fingerprint density at radius 3 is 2.49 bits per heavy atom. The van der Waals surface area contributed by atoms with Crippen LogP contribution in [-0.2, 0) is 17.8 Å². The number of likely N-dealkylation sites (N-methyl/N-ethyl adjacent to an activating group) is 1. The van der Waals surface area contributed by atoms with E-state index in [2.05, 4.69) is 44.0 Å². The number of piperazine rings is 1. The molecule has 2 aromatic heterocycles. The zero-order valence-electron chi connectivity index (χ0n) is 23.1. The summed E-state index contributed by atoms with van der Waals surface area (Å²) < 4.78 is 0. The van der Waals surface area contributed by atoms with E-state index in [-0.39, 0.29) is 23.9 Å². The number of nitrogens with one attached hydrogen (secondary N) is 3. The molecule has 0 saturated carbocycles. The number of nitrogens with zero attached hydrogens (tertiary/aromatic N) is 3. The lowest BCUT2D eigenvalue weighted by molar-refractivity contribution is -0.111. The highest BCUT2D eigenvalue weighted by Crippen LogP contribution is 2.30. The van der Waals surface area contributed by atoms with Crippen LogP contribution in [0.5, 0.6) is 0 Å². The Labute approximate surface area is 229 Å². The highest BCUT2D eigenvalue weighted by atomic mass is 16.2. The summed E-state index contributed by atoms with van der Waals surface area (Å²) in [4.78, 5) is 50.2. The van der Waals surface area contributed by atoms with Crippen molar-refractivity contribution in [2.45, 2.75) is 33.7 Å². The molecular weight excluding hydrogens is 492 g/mol. The second kappa shape index (κ2) is 12.1. The number of carbonyl (C=O) groups is 2. The Bertz CT molecular complexity index is 1440. The molecule has 1 fully saturated rings. The molecule has 0 atom stereocenters. The topological polar surface area (TPSA) is 110 Å². The largest absolute Gasteiger partial charge is 0.354 e.